The molecule has 0 aliphatic carbocycles. The smallest absolute Gasteiger partial charge is 0.310 e. The number of aromatic nitrogens is 1. The number of nitrogens with one attached hydrogen (secondary N) is 1. The van der Waals surface area contributed by atoms with E-state index in [2.05, 4.69) is 16.4 Å². The molecule has 1 aromatic carbocycles. The molecule has 0 bridgehead atoms. The number of pyridine rings is 1. The lowest BCUT2D eigenvalue weighted by atomic mass is 10.1. The van der Waals surface area contributed by atoms with Gasteiger partial charge in [0.1, 0.15) is 18.5 Å². The third-order valence-corrected chi connectivity index (χ3v) is 3.02. The van der Waals surface area contributed by atoms with Gasteiger partial charge in [-0.2, -0.15) is 5.26 Å². The number of anilines is 1. The number of hydrogen-bond donors (Lipinski definition) is 1. The van der Waals surface area contributed by atoms with Gasteiger partial charge < -0.3 is 10.1 Å². The molecule has 5 heteroatoms. The Labute approximate surface area is 129 Å². The molecule has 2 aromatic rings. The molecule has 1 heterocycles. The maximum Gasteiger partial charge on any atom is 0.310 e. The van der Waals surface area contributed by atoms with Crippen molar-refractivity contribution in [3.05, 3.63) is 59.3 Å². The molecular formula is C17H17N3O2. The van der Waals surface area contributed by atoms with Crippen LogP contribution < -0.4 is 5.32 Å². The fourth-order valence-corrected chi connectivity index (χ4v) is 2.01. The van der Waals surface area contributed by atoms with Crippen molar-refractivity contribution in [3.8, 4) is 6.07 Å². The molecular weight excluding hydrogens is 278 g/mol. The number of hydrogen-bond acceptors (Lipinski definition) is 5. The molecule has 0 fully saturated rings. The number of nitrogens with zero attached hydrogens (tertiary/aromatic N) is 2. The summed E-state index contributed by atoms with van der Waals surface area (Å²) in [6.45, 7) is 2.62. The first-order valence-electron chi connectivity index (χ1n) is 6.99. The summed E-state index contributed by atoms with van der Waals surface area (Å²) < 4.78 is 5.17. The molecule has 1 N–H and O–H groups in total. The maximum absolute atomic E-state index is 11.7. The van der Waals surface area contributed by atoms with Crippen molar-refractivity contribution in [1.82, 2.24) is 4.98 Å². The Morgan fingerprint density at radius 1 is 1.36 bits per heavy atom. The van der Waals surface area contributed by atoms with E-state index in [0.29, 0.717) is 17.9 Å². The van der Waals surface area contributed by atoms with Crippen LogP contribution in [0.15, 0.2) is 42.6 Å². The number of rotatable bonds is 6. The largest absolute Gasteiger partial charge is 0.464 e. The van der Waals surface area contributed by atoms with E-state index in [1.165, 1.54) is 0 Å². The lowest BCUT2D eigenvalue weighted by molar-refractivity contribution is -0.142. The first-order valence-corrected chi connectivity index (χ1v) is 6.99. The summed E-state index contributed by atoms with van der Waals surface area (Å²) in [6.07, 6.45) is 1.86. The highest BCUT2D eigenvalue weighted by Crippen LogP contribution is 2.09. The zero-order valence-corrected chi connectivity index (χ0v) is 12.4. The summed E-state index contributed by atoms with van der Waals surface area (Å²) in [4.78, 5) is 15.8. The van der Waals surface area contributed by atoms with Crippen LogP contribution in [0.25, 0.3) is 0 Å². The second-order valence-corrected chi connectivity index (χ2v) is 4.82. The summed E-state index contributed by atoms with van der Waals surface area (Å²) in [5.41, 5.74) is 2.52. The zero-order valence-electron chi connectivity index (χ0n) is 12.4. The predicted molar refractivity (Wildman–Crippen MR) is 83.3 cm³/mol. The highest BCUT2D eigenvalue weighted by Gasteiger charge is 2.06. The molecule has 0 aliphatic rings. The minimum Gasteiger partial charge on any atom is -0.464 e. The summed E-state index contributed by atoms with van der Waals surface area (Å²) in [5, 5.41) is 11.9. The van der Waals surface area contributed by atoms with E-state index in [1.807, 2.05) is 31.2 Å². The van der Waals surface area contributed by atoms with E-state index >= 15 is 0 Å². The lowest BCUT2D eigenvalue weighted by Crippen LogP contribution is -2.16. The number of nitriles is 1. The van der Waals surface area contributed by atoms with E-state index in [0.717, 1.165) is 11.1 Å². The van der Waals surface area contributed by atoms with Crippen LogP contribution in [-0.4, -0.2) is 24.1 Å². The summed E-state index contributed by atoms with van der Waals surface area (Å²) in [6, 6.07) is 13.2. The number of carbonyl (C=O) groups is 1. The van der Waals surface area contributed by atoms with Crippen molar-refractivity contribution in [2.45, 2.75) is 13.3 Å². The van der Waals surface area contributed by atoms with E-state index in [1.54, 1.807) is 18.3 Å². The van der Waals surface area contributed by atoms with Gasteiger partial charge in [-0.25, -0.2) is 4.98 Å². The van der Waals surface area contributed by atoms with Gasteiger partial charge in [0, 0.05) is 6.20 Å². The van der Waals surface area contributed by atoms with Crippen LogP contribution in [-0.2, 0) is 16.0 Å². The molecule has 1 aromatic heterocycles. The molecule has 5 nitrogen and oxygen atoms in total. The second kappa shape index (κ2) is 7.79. The monoisotopic (exact) mass is 295 g/mol. The molecule has 0 unspecified atom stereocenters. The van der Waals surface area contributed by atoms with Gasteiger partial charge in [-0.1, -0.05) is 29.8 Å². The predicted octanol–water partition coefficient (Wildman–Crippen LogP) is 2.46. The highest BCUT2D eigenvalue weighted by molar-refractivity contribution is 5.72. The molecule has 2 rings (SSSR count). The first-order chi connectivity index (χ1) is 10.7. The van der Waals surface area contributed by atoms with Crippen molar-refractivity contribution >= 4 is 11.8 Å². The molecule has 0 amide bonds. The standard InChI is InChI=1S/C17H17N3O2/c1-13-4-2-5-14(10-13)11-16(21)22-9-8-20-17-15(12-18)6-3-7-19-17/h2-7,10H,8-9,11H2,1H3,(H,19,20). The molecule has 0 spiro atoms. The number of aryl methyl sites for hydroxylation is 1. The summed E-state index contributed by atoms with van der Waals surface area (Å²) in [5.74, 6) is 0.230. The van der Waals surface area contributed by atoms with E-state index < -0.39 is 0 Å². The molecule has 0 radical (unpaired) electrons. The van der Waals surface area contributed by atoms with Crippen molar-refractivity contribution < 1.29 is 9.53 Å². The van der Waals surface area contributed by atoms with Crippen molar-refractivity contribution in [3.63, 3.8) is 0 Å². The normalized spacial score (nSPS) is 9.82. The third-order valence-electron chi connectivity index (χ3n) is 3.02. The van der Waals surface area contributed by atoms with Gasteiger partial charge in [-0.05, 0) is 24.6 Å². The number of carbonyl (C=O) groups excluding carboxylic acids is 1. The van der Waals surface area contributed by atoms with E-state index in [-0.39, 0.29) is 19.0 Å². The van der Waals surface area contributed by atoms with Gasteiger partial charge >= 0.3 is 5.97 Å². The Morgan fingerprint density at radius 2 is 2.23 bits per heavy atom. The van der Waals surface area contributed by atoms with Crippen molar-refractivity contribution in [1.29, 1.82) is 5.26 Å². The minimum atomic E-state index is -0.270. The SMILES string of the molecule is Cc1cccc(CC(=O)OCCNc2ncccc2C#N)c1. The molecule has 22 heavy (non-hydrogen) atoms. The summed E-state index contributed by atoms with van der Waals surface area (Å²) in [7, 11) is 0. The van der Waals surface area contributed by atoms with Crippen LogP contribution in [0.4, 0.5) is 5.82 Å². The van der Waals surface area contributed by atoms with E-state index in [4.69, 9.17) is 10.00 Å². The van der Waals surface area contributed by atoms with Gasteiger partial charge in [0.15, 0.2) is 0 Å². The van der Waals surface area contributed by atoms with Gasteiger partial charge in [0.25, 0.3) is 0 Å². The van der Waals surface area contributed by atoms with Crippen LogP contribution >= 0.6 is 0 Å². The van der Waals surface area contributed by atoms with Crippen LogP contribution in [0.3, 0.4) is 0 Å². The Hall–Kier alpha value is -2.87. The second-order valence-electron chi connectivity index (χ2n) is 4.82. The van der Waals surface area contributed by atoms with Crippen LogP contribution in [0, 0.1) is 18.3 Å². The number of esters is 1. The summed E-state index contributed by atoms with van der Waals surface area (Å²) >= 11 is 0. The minimum absolute atomic E-state index is 0.228. The van der Waals surface area contributed by atoms with Crippen LogP contribution in [0.5, 0.6) is 0 Å². The number of benzene rings is 1. The van der Waals surface area contributed by atoms with Gasteiger partial charge in [0.05, 0.1) is 18.5 Å². The fraction of sp³-hybridized carbons (Fsp3) is 0.235. The Kier molecular flexibility index (Phi) is 5.50. The molecule has 0 aliphatic heterocycles. The molecule has 0 saturated carbocycles. The Balaban J connectivity index is 1.75. The van der Waals surface area contributed by atoms with Gasteiger partial charge in [0.2, 0.25) is 0 Å². The molecule has 112 valence electrons. The van der Waals surface area contributed by atoms with Gasteiger partial charge in [-0.15, -0.1) is 0 Å². The third kappa shape index (κ3) is 4.60. The maximum atomic E-state index is 11.7. The lowest BCUT2D eigenvalue weighted by Gasteiger charge is -2.08. The van der Waals surface area contributed by atoms with Crippen molar-refractivity contribution in [2.75, 3.05) is 18.5 Å². The highest BCUT2D eigenvalue weighted by atomic mass is 16.5. The van der Waals surface area contributed by atoms with E-state index in [9.17, 15) is 4.79 Å². The topological polar surface area (TPSA) is 75.0 Å². The van der Waals surface area contributed by atoms with Crippen LogP contribution in [0.1, 0.15) is 16.7 Å². The number of ether oxygens (including phenoxy) is 1. The molecule has 0 atom stereocenters. The zero-order chi connectivity index (χ0) is 15.8. The fourth-order valence-electron chi connectivity index (χ4n) is 2.01. The van der Waals surface area contributed by atoms with Crippen molar-refractivity contribution in [2.24, 2.45) is 0 Å². The molecule has 0 saturated heterocycles. The Morgan fingerprint density at radius 3 is 3.00 bits per heavy atom. The Bertz CT molecular complexity index is 692. The average Bonchev–Trinajstić information content (AvgIpc) is 2.52. The van der Waals surface area contributed by atoms with Gasteiger partial charge in [-0.3, -0.25) is 4.79 Å². The first kappa shape index (κ1) is 15.5. The van der Waals surface area contributed by atoms with Crippen LogP contribution in [0.2, 0.25) is 0 Å². The quantitative estimate of drug-likeness (QED) is 0.654. The average molecular weight is 295 g/mol.